The number of hydrogen-bond donors (Lipinski definition) is 1. The van der Waals surface area contributed by atoms with Crippen LogP contribution in [-0.4, -0.2) is 30.9 Å². The molecule has 0 radical (unpaired) electrons. The van der Waals surface area contributed by atoms with Crippen molar-refractivity contribution in [2.75, 3.05) is 13.7 Å². The maximum atomic E-state index is 11.5. The number of unbranched alkanes of at least 4 members (excludes halogenated alkanes) is 1. The largest absolute Gasteiger partial charge is 0.461 e. The Hall–Kier alpha value is -1.39. The maximum absolute atomic E-state index is 11.5. The predicted octanol–water partition coefficient (Wildman–Crippen LogP) is 2.69. The zero-order chi connectivity index (χ0) is 14.6. The van der Waals surface area contributed by atoms with E-state index in [0.717, 1.165) is 18.4 Å². The molecule has 1 N–H and O–H groups in total. The van der Waals surface area contributed by atoms with Gasteiger partial charge in [-0.05, 0) is 24.8 Å². The second-order valence-corrected chi connectivity index (χ2v) is 4.83. The molecule has 0 heterocycles. The van der Waals surface area contributed by atoms with Gasteiger partial charge in [-0.15, -0.1) is 0 Å². The Morgan fingerprint density at radius 1 is 1.20 bits per heavy atom. The summed E-state index contributed by atoms with van der Waals surface area (Å²) in [4.78, 5) is 11.5. The third-order valence-electron chi connectivity index (χ3n) is 3.07. The van der Waals surface area contributed by atoms with E-state index in [1.807, 2.05) is 30.3 Å². The number of hydrogen-bond acceptors (Lipinski definition) is 4. The van der Waals surface area contributed by atoms with Gasteiger partial charge >= 0.3 is 5.97 Å². The number of carbonyl (C=O) groups excluding carboxylic acids is 1. The van der Waals surface area contributed by atoms with Gasteiger partial charge in [0.15, 0.2) is 0 Å². The lowest BCUT2D eigenvalue weighted by Gasteiger charge is -2.09. The van der Waals surface area contributed by atoms with Crippen molar-refractivity contribution in [1.82, 2.24) is 0 Å². The van der Waals surface area contributed by atoms with Crippen molar-refractivity contribution in [3.05, 3.63) is 35.9 Å². The van der Waals surface area contributed by atoms with E-state index in [4.69, 9.17) is 9.47 Å². The first-order valence-corrected chi connectivity index (χ1v) is 7.09. The van der Waals surface area contributed by atoms with E-state index in [-0.39, 0.29) is 12.1 Å². The highest BCUT2D eigenvalue weighted by Crippen LogP contribution is 2.08. The van der Waals surface area contributed by atoms with E-state index in [1.54, 1.807) is 7.11 Å². The van der Waals surface area contributed by atoms with Gasteiger partial charge in [0.1, 0.15) is 6.61 Å². The Kier molecular flexibility index (Phi) is 8.67. The van der Waals surface area contributed by atoms with Gasteiger partial charge in [0.2, 0.25) is 0 Å². The molecule has 1 rings (SSSR count). The molecule has 0 saturated carbocycles. The minimum atomic E-state index is -0.338. The molecule has 0 aliphatic carbocycles. The molecule has 0 saturated heterocycles. The third-order valence-corrected chi connectivity index (χ3v) is 3.07. The second-order valence-electron chi connectivity index (χ2n) is 4.83. The number of carbonyl (C=O) groups is 1. The minimum absolute atomic E-state index is 0.180. The Balaban J connectivity index is 2.03. The van der Waals surface area contributed by atoms with Crippen molar-refractivity contribution in [2.45, 2.75) is 44.8 Å². The highest BCUT2D eigenvalue weighted by molar-refractivity contribution is 5.69. The highest BCUT2D eigenvalue weighted by atomic mass is 16.5. The summed E-state index contributed by atoms with van der Waals surface area (Å²) in [5.41, 5.74) is 0.996. The topological polar surface area (TPSA) is 55.8 Å². The van der Waals surface area contributed by atoms with Crippen molar-refractivity contribution in [3.63, 3.8) is 0 Å². The van der Waals surface area contributed by atoms with Gasteiger partial charge in [0, 0.05) is 20.1 Å². The van der Waals surface area contributed by atoms with Gasteiger partial charge in [-0.2, -0.15) is 0 Å². The van der Waals surface area contributed by atoms with Gasteiger partial charge in [0.05, 0.1) is 6.10 Å². The standard InChI is InChI=1S/C16H24O4/c1-19-12-11-15(17)9-5-6-10-16(18)20-13-14-7-3-2-4-8-14/h2-4,7-8,15,17H,5-6,9-13H2,1H3/t15-/m0/s1. The fraction of sp³-hybridized carbons (Fsp3) is 0.562. The van der Waals surface area contributed by atoms with Gasteiger partial charge < -0.3 is 14.6 Å². The molecule has 1 atom stereocenters. The third kappa shape index (κ3) is 7.92. The molecule has 4 nitrogen and oxygen atoms in total. The van der Waals surface area contributed by atoms with Crippen LogP contribution in [0, 0.1) is 0 Å². The Morgan fingerprint density at radius 2 is 1.95 bits per heavy atom. The van der Waals surface area contributed by atoms with Crippen LogP contribution in [0.3, 0.4) is 0 Å². The molecular formula is C16H24O4. The molecule has 20 heavy (non-hydrogen) atoms. The average molecular weight is 280 g/mol. The number of aliphatic hydroxyl groups excluding tert-OH is 1. The van der Waals surface area contributed by atoms with Crippen molar-refractivity contribution in [3.8, 4) is 0 Å². The van der Waals surface area contributed by atoms with Crippen molar-refractivity contribution in [2.24, 2.45) is 0 Å². The molecule has 4 heteroatoms. The highest BCUT2D eigenvalue weighted by Gasteiger charge is 2.06. The quantitative estimate of drug-likeness (QED) is 0.529. The molecule has 1 aromatic rings. The van der Waals surface area contributed by atoms with E-state index in [9.17, 15) is 9.90 Å². The minimum Gasteiger partial charge on any atom is -0.461 e. The van der Waals surface area contributed by atoms with Crippen LogP contribution in [0.1, 0.15) is 37.7 Å². The van der Waals surface area contributed by atoms with Crippen LogP contribution < -0.4 is 0 Å². The molecule has 0 amide bonds. The van der Waals surface area contributed by atoms with Gasteiger partial charge in [-0.25, -0.2) is 0 Å². The molecule has 0 bridgehead atoms. The van der Waals surface area contributed by atoms with Crippen LogP contribution in [0.25, 0.3) is 0 Å². The molecule has 0 spiro atoms. The summed E-state index contributed by atoms with van der Waals surface area (Å²) >= 11 is 0. The lowest BCUT2D eigenvalue weighted by molar-refractivity contribution is -0.145. The molecular weight excluding hydrogens is 256 g/mol. The first kappa shape index (κ1) is 16.7. The van der Waals surface area contributed by atoms with Gasteiger partial charge in [-0.1, -0.05) is 36.8 Å². The van der Waals surface area contributed by atoms with Crippen LogP contribution in [0.5, 0.6) is 0 Å². The number of esters is 1. The van der Waals surface area contributed by atoms with Crippen molar-refractivity contribution in [1.29, 1.82) is 0 Å². The average Bonchev–Trinajstić information content (AvgIpc) is 2.48. The van der Waals surface area contributed by atoms with Crippen LogP contribution in [0.2, 0.25) is 0 Å². The van der Waals surface area contributed by atoms with Crippen LogP contribution >= 0.6 is 0 Å². The van der Waals surface area contributed by atoms with Crippen molar-refractivity contribution >= 4 is 5.97 Å². The molecule has 0 aromatic heterocycles. The second kappa shape index (κ2) is 10.4. The molecule has 1 aromatic carbocycles. The van der Waals surface area contributed by atoms with Crippen molar-refractivity contribution < 1.29 is 19.4 Å². The zero-order valence-electron chi connectivity index (χ0n) is 12.1. The SMILES string of the molecule is COCC[C@@H](O)CCCCC(=O)OCc1ccccc1. The lowest BCUT2D eigenvalue weighted by Crippen LogP contribution is -2.10. The van der Waals surface area contributed by atoms with E-state index in [0.29, 0.717) is 32.5 Å². The summed E-state index contributed by atoms with van der Waals surface area (Å²) in [6.45, 7) is 0.899. The number of ether oxygens (including phenoxy) is 2. The number of rotatable bonds is 10. The number of methoxy groups -OCH3 is 1. The van der Waals surface area contributed by atoms with Crippen LogP contribution in [0.15, 0.2) is 30.3 Å². The summed E-state index contributed by atoms with van der Waals surface area (Å²) in [6.07, 6.45) is 2.99. The Morgan fingerprint density at radius 3 is 2.65 bits per heavy atom. The van der Waals surface area contributed by atoms with Gasteiger partial charge in [-0.3, -0.25) is 4.79 Å². The zero-order valence-corrected chi connectivity index (χ0v) is 12.1. The molecule has 0 aliphatic rings. The summed E-state index contributed by atoms with van der Waals surface area (Å²) in [6, 6.07) is 9.63. The smallest absolute Gasteiger partial charge is 0.306 e. The monoisotopic (exact) mass is 280 g/mol. The number of benzene rings is 1. The first-order valence-electron chi connectivity index (χ1n) is 7.09. The molecule has 0 fully saturated rings. The molecule has 0 aliphatic heterocycles. The first-order chi connectivity index (χ1) is 9.72. The van der Waals surface area contributed by atoms with E-state index >= 15 is 0 Å². The summed E-state index contributed by atoms with van der Waals surface area (Å²) in [5, 5.41) is 9.60. The van der Waals surface area contributed by atoms with E-state index in [2.05, 4.69) is 0 Å². The van der Waals surface area contributed by atoms with E-state index in [1.165, 1.54) is 0 Å². The Bertz CT molecular complexity index is 364. The Labute approximate surface area is 120 Å². The predicted molar refractivity (Wildman–Crippen MR) is 77.2 cm³/mol. The fourth-order valence-corrected chi connectivity index (χ4v) is 1.86. The van der Waals surface area contributed by atoms with Crippen LogP contribution in [-0.2, 0) is 20.9 Å². The molecule has 0 unspecified atom stereocenters. The normalized spacial score (nSPS) is 12.1. The number of aliphatic hydroxyl groups is 1. The molecule has 112 valence electrons. The van der Waals surface area contributed by atoms with Crippen LogP contribution in [0.4, 0.5) is 0 Å². The van der Waals surface area contributed by atoms with E-state index < -0.39 is 0 Å². The summed E-state index contributed by atoms with van der Waals surface area (Å²) < 4.78 is 10.1. The maximum Gasteiger partial charge on any atom is 0.306 e. The summed E-state index contributed by atoms with van der Waals surface area (Å²) in [5.74, 6) is -0.180. The fourth-order valence-electron chi connectivity index (χ4n) is 1.86. The lowest BCUT2D eigenvalue weighted by atomic mass is 10.1. The van der Waals surface area contributed by atoms with Gasteiger partial charge in [0.25, 0.3) is 0 Å². The summed E-state index contributed by atoms with van der Waals surface area (Å²) in [7, 11) is 1.62.